The summed E-state index contributed by atoms with van der Waals surface area (Å²) in [7, 11) is 0. The van der Waals surface area contributed by atoms with E-state index in [1.54, 1.807) is 6.07 Å². The number of rotatable bonds is 2. The zero-order valence-corrected chi connectivity index (χ0v) is 16.5. The summed E-state index contributed by atoms with van der Waals surface area (Å²) in [5.74, 6) is -0.106. The molecule has 4 nitrogen and oxygen atoms in total. The first-order chi connectivity index (χ1) is 12.9. The normalized spacial score (nSPS) is 22.4. The molecule has 140 valence electrons. The van der Waals surface area contributed by atoms with E-state index in [1.807, 2.05) is 30.3 Å². The van der Waals surface area contributed by atoms with Crippen molar-refractivity contribution in [2.45, 2.75) is 44.6 Å². The van der Waals surface area contributed by atoms with Crippen LogP contribution in [0, 0.1) is 0 Å². The Kier molecular flexibility index (Phi) is 4.87. The molecule has 0 aliphatic carbocycles. The van der Waals surface area contributed by atoms with Crippen LogP contribution in [0.3, 0.4) is 0 Å². The number of hydrogen-bond acceptors (Lipinski definition) is 3. The third-order valence-electron chi connectivity index (χ3n) is 5.27. The van der Waals surface area contributed by atoms with Crippen molar-refractivity contribution in [2.24, 2.45) is 0 Å². The van der Waals surface area contributed by atoms with Gasteiger partial charge in [-0.05, 0) is 55.2 Å². The minimum atomic E-state index is -0.126. The van der Waals surface area contributed by atoms with E-state index in [0.29, 0.717) is 35.0 Å². The standard InChI is InChI=1S/C21H20Cl2N2O2/c1-12-9-16(17-10-14(22)11-18(23)21(17)24-12)13-5-7-15(8-6-13)25-19(26)3-2-4-20(25)27/h5-8,10-12,16,24H,2-4,9H2,1H3. The molecule has 0 spiro atoms. The van der Waals surface area contributed by atoms with Crippen LogP contribution in [0.1, 0.15) is 49.7 Å². The van der Waals surface area contributed by atoms with Gasteiger partial charge in [0.25, 0.3) is 0 Å². The van der Waals surface area contributed by atoms with Crippen LogP contribution in [0.5, 0.6) is 0 Å². The van der Waals surface area contributed by atoms with Crippen molar-refractivity contribution in [2.75, 3.05) is 10.2 Å². The second-order valence-corrected chi connectivity index (χ2v) is 8.10. The van der Waals surface area contributed by atoms with Crippen LogP contribution in [0.15, 0.2) is 36.4 Å². The Morgan fingerprint density at radius 1 is 1.04 bits per heavy atom. The van der Waals surface area contributed by atoms with Crippen molar-refractivity contribution in [3.05, 3.63) is 57.6 Å². The highest BCUT2D eigenvalue weighted by Gasteiger charge is 2.30. The molecular weight excluding hydrogens is 383 g/mol. The van der Waals surface area contributed by atoms with E-state index in [2.05, 4.69) is 12.2 Å². The predicted octanol–water partition coefficient (Wildman–Crippen LogP) is 5.37. The Morgan fingerprint density at radius 2 is 1.70 bits per heavy atom. The van der Waals surface area contributed by atoms with Gasteiger partial charge in [0.15, 0.2) is 0 Å². The molecule has 0 aromatic heterocycles. The smallest absolute Gasteiger partial charge is 0.233 e. The number of anilines is 2. The summed E-state index contributed by atoms with van der Waals surface area (Å²) in [5.41, 5.74) is 3.75. The minimum absolute atomic E-state index is 0.126. The quantitative estimate of drug-likeness (QED) is 0.686. The monoisotopic (exact) mass is 402 g/mol. The predicted molar refractivity (Wildman–Crippen MR) is 109 cm³/mol. The molecule has 2 unspecified atom stereocenters. The summed E-state index contributed by atoms with van der Waals surface area (Å²) in [6, 6.07) is 11.7. The fourth-order valence-electron chi connectivity index (χ4n) is 4.02. The van der Waals surface area contributed by atoms with Crippen LogP contribution in [0.4, 0.5) is 11.4 Å². The Bertz CT molecular complexity index is 895. The maximum atomic E-state index is 12.1. The molecule has 2 aromatic rings. The molecule has 27 heavy (non-hydrogen) atoms. The summed E-state index contributed by atoms with van der Waals surface area (Å²) in [4.78, 5) is 25.6. The number of carbonyl (C=O) groups is 2. The molecule has 2 aliphatic rings. The third-order valence-corrected chi connectivity index (χ3v) is 5.79. The first kappa shape index (κ1) is 18.3. The van der Waals surface area contributed by atoms with Crippen LogP contribution in [0.2, 0.25) is 10.0 Å². The highest BCUT2D eigenvalue weighted by atomic mass is 35.5. The SMILES string of the molecule is CC1CC(c2ccc(N3C(=O)CCCC3=O)cc2)c2cc(Cl)cc(Cl)c2N1. The summed E-state index contributed by atoms with van der Waals surface area (Å²) >= 11 is 12.6. The van der Waals surface area contributed by atoms with Crippen molar-refractivity contribution >= 4 is 46.4 Å². The molecule has 2 atom stereocenters. The highest BCUT2D eigenvalue weighted by molar-refractivity contribution is 6.36. The maximum absolute atomic E-state index is 12.1. The van der Waals surface area contributed by atoms with E-state index in [4.69, 9.17) is 23.2 Å². The van der Waals surface area contributed by atoms with Crippen LogP contribution >= 0.6 is 23.2 Å². The minimum Gasteiger partial charge on any atom is -0.381 e. The van der Waals surface area contributed by atoms with E-state index in [1.165, 1.54) is 4.90 Å². The average Bonchev–Trinajstić information content (AvgIpc) is 2.62. The second-order valence-electron chi connectivity index (χ2n) is 7.25. The topological polar surface area (TPSA) is 49.4 Å². The molecule has 6 heteroatoms. The van der Waals surface area contributed by atoms with Gasteiger partial charge in [0.1, 0.15) is 0 Å². The summed E-state index contributed by atoms with van der Waals surface area (Å²) in [6.45, 7) is 2.13. The van der Waals surface area contributed by atoms with E-state index in [9.17, 15) is 9.59 Å². The van der Waals surface area contributed by atoms with Gasteiger partial charge < -0.3 is 5.32 Å². The van der Waals surface area contributed by atoms with Gasteiger partial charge in [-0.1, -0.05) is 35.3 Å². The molecule has 1 N–H and O–H groups in total. The van der Waals surface area contributed by atoms with E-state index in [0.717, 1.165) is 23.2 Å². The first-order valence-corrected chi connectivity index (χ1v) is 9.91. The van der Waals surface area contributed by atoms with Gasteiger partial charge in [0.05, 0.1) is 16.4 Å². The van der Waals surface area contributed by atoms with Gasteiger partial charge in [-0.3, -0.25) is 14.5 Å². The van der Waals surface area contributed by atoms with Crippen LogP contribution in [0.25, 0.3) is 0 Å². The van der Waals surface area contributed by atoms with Gasteiger partial charge in [-0.2, -0.15) is 0 Å². The molecule has 0 saturated carbocycles. The fraction of sp³-hybridized carbons (Fsp3) is 0.333. The van der Waals surface area contributed by atoms with Crippen LogP contribution in [-0.4, -0.2) is 17.9 Å². The van der Waals surface area contributed by atoms with Crippen LogP contribution in [-0.2, 0) is 9.59 Å². The molecule has 0 radical (unpaired) electrons. The molecule has 0 bridgehead atoms. The second kappa shape index (κ2) is 7.17. The number of piperidine rings is 1. The molecule has 2 heterocycles. The molecule has 4 rings (SSSR count). The van der Waals surface area contributed by atoms with Gasteiger partial charge >= 0.3 is 0 Å². The zero-order chi connectivity index (χ0) is 19.1. The van der Waals surface area contributed by atoms with E-state index < -0.39 is 0 Å². The number of hydrogen-bond donors (Lipinski definition) is 1. The molecule has 2 amide bonds. The summed E-state index contributed by atoms with van der Waals surface area (Å²) < 4.78 is 0. The fourth-order valence-corrected chi connectivity index (χ4v) is 4.58. The van der Waals surface area contributed by atoms with Gasteiger partial charge in [0.2, 0.25) is 11.8 Å². The lowest BCUT2D eigenvalue weighted by Crippen LogP contribution is -2.40. The largest absolute Gasteiger partial charge is 0.381 e. The Morgan fingerprint density at radius 3 is 2.37 bits per heavy atom. The highest BCUT2D eigenvalue weighted by Crippen LogP contribution is 2.44. The Hall–Kier alpha value is -2.04. The number of nitrogens with one attached hydrogen (secondary N) is 1. The van der Waals surface area contributed by atoms with E-state index in [-0.39, 0.29) is 23.8 Å². The first-order valence-electron chi connectivity index (χ1n) is 9.15. The van der Waals surface area contributed by atoms with Crippen LogP contribution < -0.4 is 10.2 Å². The number of nitrogens with zero attached hydrogens (tertiary/aromatic N) is 1. The maximum Gasteiger partial charge on any atom is 0.233 e. The Balaban J connectivity index is 1.69. The summed E-state index contributed by atoms with van der Waals surface area (Å²) in [5, 5.41) is 4.67. The molecule has 1 fully saturated rings. The van der Waals surface area contributed by atoms with Crippen molar-refractivity contribution in [1.82, 2.24) is 0 Å². The van der Waals surface area contributed by atoms with Crippen molar-refractivity contribution in [1.29, 1.82) is 0 Å². The number of carbonyl (C=O) groups excluding carboxylic acids is 2. The zero-order valence-electron chi connectivity index (χ0n) is 15.0. The van der Waals surface area contributed by atoms with Crippen molar-refractivity contribution in [3.8, 4) is 0 Å². The van der Waals surface area contributed by atoms with Crippen molar-refractivity contribution in [3.63, 3.8) is 0 Å². The lowest BCUT2D eigenvalue weighted by molar-refractivity contribution is -0.129. The van der Waals surface area contributed by atoms with E-state index >= 15 is 0 Å². The molecule has 2 aliphatic heterocycles. The lowest BCUT2D eigenvalue weighted by Gasteiger charge is -2.33. The Labute approximate surface area is 168 Å². The van der Waals surface area contributed by atoms with Gasteiger partial charge in [-0.25, -0.2) is 0 Å². The average molecular weight is 403 g/mol. The molecule has 1 saturated heterocycles. The van der Waals surface area contributed by atoms with Crippen molar-refractivity contribution < 1.29 is 9.59 Å². The van der Waals surface area contributed by atoms with Gasteiger partial charge in [0, 0.05) is 29.8 Å². The number of halogens is 2. The molecular formula is C21H20Cl2N2O2. The number of imide groups is 1. The number of fused-ring (bicyclic) bond motifs is 1. The summed E-state index contributed by atoms with van der Waals surface area (Å²) in [6.07, 6.45) is 2.38. The number of amides is 2. The lowest BCUT2D eigenvalue weighted by atomic mass is 9.82. The molecule has 2 aromatic carbocycles. The number of benzene rings is 2. The third kappa shape index (κ3) is 3.44. The van der Waals surface area contributed by atoms with Gasteiger partial charge in [-0.15, -0.1) is 0 Å².